The molecular weight excluding hydrogens is 435 g/mol. The van der Waals surface area contributed by atoms with Crippen molar-refractivity contribution in [2.45, 2.75) is 31.2 Å². The van der Waals surface area contributed by atoms with E-state index < -0.39 is 58.4 Å². The number of alkyl halides is 2. The number of fused-ring (bicyclic) bond motifs is 1. The second-order valence-corrected chi connectivity index (χ2v) is 9.22. The number of anilines is 1. The van der Waals surface area contributed by atoms with Gasteiger partial charge in [-0.25, -0.2) is 13.4 Å². The van der Waals surface area contributed by atoms with Gasteiger partial charge in [-0.15, -0.1) is 0 Å². The van der Waals surface area contributed by atoms with Gasteiger partial charge in [-0.05, 0) is 36.5 Å². The predicted molar refractivity (Wildman–Crippen MR) is 107 cm³/mol. The van der Waals surface area contributed by atoms with Gasteiger partial charge in [0.2, 0.25) is 0 Å². The largest absolute Gasteiger partial charge is 0.506 e. The molecule has 0 aromatic heterocycles. The summed E-state index contributed by atoms with van der Waals surface area (Å²) in [7, 11) is -4.32. The van der Waals surface area contributed by atoms with E-state index in [0.29, 0.717) is 22.7 Å². The van der Waals surface area contributed by atoms with E-state index in [4.69, 9.17) is 0 Å². The Hall–Kier alpha value is -2.79. The third-order valence-electron chi connectivity index (χ3n) is 5.51. The molecule has 1 heterocycles. The van der Waals surface area contributed by atoms with Gasteiger partial charge in [0, 0.05) is 11.6 Å². The van der Waals surface area contributed by atoms with Crippen molar-refractivity contribution in [1.29, 1.82) is 0 Å². The number of hydrogen-bond acceptors (Lipinski definition) is 5. The molecular formula is C20H20F3N3O4S. The summed E-state index contributed by atoms with van der Waals surface area (Å²) in [6.07, 6.45) is 0.797. The number of benzene rings is 2. The number of hydrogen-bond donors (Lipinski definition) is 3. The predicted octanol–water partition coefficient (Wildman–Crippen LogP) is 1.95. The lowest BCUT2D eigenvalue weighted by molar-refractivity contribution is -0.117. The molecule has 2 aromatic carbocycles. The first kappa shape index (κ1) is 21.4. The van der Waals surface area contributed by atoms with Crippen molar-refractivity contribution >= 4 is 21.8 Å². The van der Waals surface area contributed by atoms with E-state index in [2.05, 4.69) is 5.32 Å². The number of halogens is 3. The fraction of sp³-hybridized carbons (Fsp3) is 0.350. The summed E-state index contributed by atoms with van der Waals surface area (Å²) < 4.78 is 70.5. The van der Waals surface area contributed by atoms with Crippen molar-refractivity contribution in [1.82, 2.24) is 10.0 Å². The fourth-order valence-corrected chi connectivity index (χ4v) is 5.12. The maximum Gasteiger partial charge on any atom is 0.326 e. The first-order valence-corrected chi connectivity index (χ1v) is 11.1. The van der Waals surface area contributed by atoms with E-state index in [1.165, 1.54) is 30.3 Å². The number of carbonyl (C=O) groups excluding carboxylic acids is 1. The Bertz CT molecular complexity index is 1130. The van der Waals surface area contributed by atoms with Crippen LogP contribution >= 0.6 is 0 Å². The zero-order valence-electron chi connectivity index (χ0n) is 16.2. The highest BCUT2D eigenvalue weighted by atomic mass is 32.2. The molecule has 11 heteroatoms. The van der Waals surface area contributed by atoms with E-state index in [-0.39, 0.29) is 17.5 Å². The molecule has 0 bridgehead atoms. The molecule has 31 heavy (non-hydrogen) atoms. The Kier molecular flexibility index (Phi) is 5.34. The van der Waals surface area contributed by atoms with Crippen LogP contribution in [0, 0.1) is 5.82 Å². The lowest BCUT2D eigenvalue weighted by Gasteiger charge is -2.29. The van der Waals surface area contributed by atoms with Gasteiger partial charge < -0.3 is 10.4 Å². The molecule has 1 amide bonds. The van der Waals surface area contributed by atoms with Gasteiger partial charge >= 0.3 is 10.2 Å². The summed E-state index contributed by atoms with van der Waals surface area (Å²) in [5, 5.41) is 13.0. The molecule has 1 saturated heterocycles. The number of aryl methyl sites for hydroxylation is 1. The normalized spacial score (nSPS) is 20.4. The molecule has 166 valence electrons. The van der Waals surface area contributed by atoms with Crippen LogP contribution in [0.3, 0.4) is 0 Å². The number of aromatic hydroxyl groups is 1. The molecule has 1 unspecified atom stereocenters. The number of amides is 1. The van der Waals surface area contributed by atoms with Crippen molar-refractivity contribution in [3.05, 3.63) is 58.9 Å². The third kappa shape index (κ3) is 4.07. The van der Waals surface area contributed by atoms with E-state index in [0.717, 1.165) is 0 Å². The molecule has 2 aliphatic rings. The summed E-state index contributed by atoms with van der Waals surface area (Å²) in [5.41, 5.74) is -0.141. The number of nitrogens with zero attached hydrogens (tertiary/aromatic N) is 1. The molecule has 1 aliphatic carbocycles. The molecule has 1 aliphatic heterocycles. The van der Waals surface area contributed by atoms with Crippen LogP contribution in [0.4, 0.5) is 18.9 Å². The monoisotopic (exact) mass is 455 g/mol. The van der Waals surface area contributed by atoms with Gasteiger partial charge in [0.1, 0.15) is 18.0 Å². The topological polar surface area (TPSA) is 98.7 Å². The number of phenols is 1. The van der Waals surface area contributed by atoms with Gasteiger partial charge in [-0.3, -0.25) is 4.79 Å². The summed E-state index contributed by atoms with van der Waals surface area (Å²) in [4.78, 5) is 11.5. The highest BCUT2D eigenvalue weighted by Crippen LogP contribution is 2.39. The Balaban J connectivity index is 1.56. The first-order chi connectivity index (χ1) is 14.6. The van der Waals surface area contributed by atoms with E-state index >= 15 is 4.39 Å². The van der Waals surface area contributed by atoms with E-state index in [9.17, 15) is 27.1 Å². The molecule has 0 spiro atoms. The van der Waals surface area contributed by atoms with Gasteiger partial charge in [-0.1, -0.05) is 30.3 Å². The van der Waals surface area contributed by atoms with Crippen molar-refractivity contribution in [2.24, 2.45) is 0 Å². The number of nitrogens with one attached hydrogen (secondary N) is 2. The standard InChI is InChI=1S/C20H20F3N3O4S/c21-18-15-9-14(24-11-20(22,23)13-4-2-1-3-5-13)7-6-12(15)8-16(27)19(18)26-10-17(28)25-31(26,29)30/h1-5,8,14,24,27H,6-7,9-11H2,(H,25,28). The number of phenolic OH excluding ortho intramolecular Hbond substituents is 1. The first-order valence-electron chi connectivity index (χ1n) is 9.62. The smallest absolute Gasteiger partial charge is 0.326 e. The Morgan fingerprint density at radius 3 is 2.61 bits per heavy atom. The fourth-order valence-electron chi connectivity index (χ4n) is 3.95. The Morgan fingerprint density at radius 1 is 1.26 bits per heavy atom. The molecule has 2 aromatic rings. The van der Waals surface area contributed by atoms with Crippen LogP contribution in [0.15, 0.2) is 36.4 Å². The molecule has 3 N–H and O–H groups in total. The quantitative estimate of drug-likeness (QED) is 0.640. The maximum absolute atomic E-state index is 15.3. The summed E-state index contributed by atoms with van der Waals surface area (Å²) in [5.74, 6) is -5.54. The molecule has 0 radical (unpaired) electrons. The highest BCUT2D eigenvalue weighted by Gasteiger charge is 2.39. The minimum Gasteiger partial charge on any atom is -0.506 e. The molecule has 0 saturated carbocycles. The van der Waals surface area contributed by atoms with Gasteiger partial charge in [0.25, 0.3) is 11.8 Å². The molecule has 1 atom stereocenters. The van der Waals surface area contributed by atoms with Crippen molar-refractivity contribution in [3.63, 3.8) is 0 Å². The summed E-state index contributed by atoms with van der Waals surface area (Å²) in [6.45, 7) is -1.29. The number of carbonyl (C=O) groups is 1. The van der Waals surface area contributed by atoms with Crippen LogP contribution < -0.4 is 14.3 Å². The zero-order valence-corrected chi connectivity index (χ0v) is 17.1. The van der Waals surface area contributed by atoms with Crippen LogP contribution in [-0.2, 0) is 33.8 Å². The Labute approximate surface area is 177 Å². The van der Waals surface area contributed by atoms with Crippen molar-refractivity contribution in [2.75, 3.05) is 17.4 Å². The minimum atomic E-state index is -4.32. The van der Waals surface area contributed by atoms with Gasteiger partial charge in [0.05, 0.1) is 6.54 Å². The Morgan fingerprint density at radius 2 is 1.97 bits per heavy atom. The lowest BCUT2D eigenvalue weighted by Crippen LogP contribution is -2.41. The lowest BCUT2D eigenvalue weighted by atomic mass is 9.87. The second kappa shape index (κ2) is 7.72. The average Bonchev–Trinajstić information content (AvgIpc) is 2.99. The van der Waals surface area contributed by atoms with Crippen LogP contribution in [-0.4, -0.2) is 38.6 Å². The van der Waals surface area contributed by atoms with Gasteiger partial charge in [0.15, 0.2) is 5.82 Å². The summed E-state index contributed by atoms with van der Waals surface area (Å²) in [6, 6.07) is 8.15. The van der Waals surface area contributed by atoms with Crippen molar-refractivity contribution in [3.8, 4) is 5.75 Å². The number of rotatable bonds is 5. The van der Waals surface area contributed by atoms with Gasteiger partial charge in [-0.2, -0.15) is 17.2 Å². The van der Waals surface area contributed by atoms with Crippen LogP contribution in [0.2, 0.25) is 0 Å². The molecule has 4 rings (SSSR count). The third-order valence-corrected chi connectivity index (χ3v) is 6.88. The minimum absolute atomic E-state index is 0.0363. The van der Waals surface area contributed by atoms with Crippen molar-refractivity contribution < 1.29 is 31.5 Å². The zero-order chi connectivity index (χ0) is 22.4. The molecule has 7 nitrogen and oxygen atoms in total. The average molecular weight is 455 g/mol. The highest BCUT2D eigenvalue weighted by molar-refractivity contribution is 7.92. The van der Waals surface area contributed by atoms with E-state index in [1.807, 2.05) is 0 Å². The van der Waals surface area contributed by atoms with Crippen LogP contribution in [0.25, 0.3) is 0 Å². The maximum atomic E-state index is 15.3. The van der Waals surface area contributed by atoms with Crippen LogP contribution in [0.1, 0.15) is 23.1 Å². The second-order valence-electron chi connectivity index (χ2n) is 7.62. The van der Waals surface area contributed by atoms with E-state index in [1.54, 1.807) is 10.8 Å². The molecule has 1 fully saturated rings. The summed E-state index contributed by atoms with van der Waals surface area (Å²) >= 11 is 0. The SMILES string of the molecule is O=C1CN(c2c(O)cc3c(c2F)CC(NCC(F)(F)c2ccccc2)CC3)S(=O)(=O)N1. The van der Waals surface area contributed by atoms with Crippen LogP contribution in [0.5, 0.6) is 5.75 Å².